The van der Waals surface area contributed by atoms with Crippen molar-refractivity contribution in [2.24, 2.45) is 5.92 Å². The van der Waals surface area contributed by atoms with Crippen molar-refractivity contribution in [1.82, 2.24) is 19.4 Å². The number of rotatable bonds is 10. The Hall–Kier alpha value is -1.70. The number of benzene rings is 1. The summed E-state index contributed by atoms with van der Waals surface area (Å²) >= 11 is 1.31. The Bertz CT molecular complexity index is 1250. The summed E-state index contributed by atoms with van der Waals surface area (Å²) < 4.78 is 63.6. The Balaban J connectivity index is 1.13. The number of piperidine rings is 1. The van der Waals surface area contributed by atoms with Crippen LogP contribution in [0.2, 0.25) is 0 Å². The number of alkyl halides is 2. The maximum absolute atomic E-state index is 14.4. The van der Waals surface area contributed by atoms with E-state index in [4.69, 9.17) is 4.74 Å². The van der Waals surface area contributed by atoms with Gasteiger partial charge in [0.25, 0.3) is 5.92 Å². The number of carbonyl (C=O) groups is 1. The first-order valence-electron chi connectivity index (χ1n) is 14.4. The first-order chi connectivity index (χ1) is 19.2. The van der Waals surface area contributed by atoms with Gasteiger partial charge in [-0.1, -0.05) is 18.2 Å². The van der Waals surface area contributed by atoms with E-state index in [1.165, 1.54) is 24.2 Å². The van der Waals surface area contributed by atoms with Gasteiger partial charge in [-0.3, -0.25) is 4.79 Å². The van der Waals surface area contributed by atoms with Crippen LogP contribution in [0.1, 0.15) is 38.5 Å². The zero-order chi connectivity index (χ0) is 28.2. The molecule has 1 amide bonds. The largest absolute Gasteiger partial charge is 0.370 e. The molecule has 1 aromatic carbocycles. The van der Waals surface area contributed by atoms with Crippen LogP contribution < -0.4 is 5.32 Å². The molecule has 3 saturated heterocycles. The molecular formula is C28H40F2N4O4S2. The first-order valence-corrected chi connectivity index (χ1v) is 16.7. The fourth-order valence-electron chi connectivity index (χ4n) is 6.12. The second-order valence-corrected chi connectivity index (χ2v) is 14.0. The van der Waals surface area contributed by atoms with Crippen molar-refractivity contribution in [1.29, 1.82) is 0 Å². The summed E-state index contributed by atoms with van der Waals surface area (Å²) in [5.74, 6) is -2.38. The van der Waals surface area contributed by atoms with Crippen molar-refractivity contribution < 1.29 is 26.7 Å². The first kappa shape index (κ1) is 29.8. The molecule has 0 bridgehead atoms. The van der Waals surface area contributed by atoms with Crippen LogP contribution in [0.15, 0.2) is 34.5 Å². The van der Waals surface area contributed by atoms with Crippen LogP contribution in [-0.4, -0.2) is 106 Å². The molecular weight excluding hydrogens is 558 g/mol. The standard InChI is InChI=1S/C28H40F2N4O4S2/c29-28(30)9-14-34(40(36,37)26-21-39-25-7-2-1-6-24(25)26)23(17-28)19-38-20-27(35)33-13-4-12-32(15-16-33)11-3-5-22-8-10-31-18-22/h1-2,6-7,21-23,31H,3-5,8-20H2/t22?,23-/m0/s1. The average Bonchev–Trinajstić information content (AvgIpc) is 3.54. The van der Waals surface area contributed by atoms with Crippen molar-refractivity contribution >= 4 is 37.4 Å². The molecule has 8 nitrogen and oxygen atoms in total. The van der Waals surface area contributed by atoms with Crippen LogP contribution in [0.3, 0.4) is 0 Å². The molecule has 2 aromatic rings. The zero-order valence-electron chi connectivity index (χ0n) is 22.9. The van der Waals surface area contributed by atoms with E-state index in [1.54, 1.807) is 22.4 Å². The van der Waals surface area contributed by atoms with E-state index in [0.29, 0.717) is 18.5 Å². The van der Waals surface area contributed by atoms with Gasteiger partial charge in [-0.2, -0.15) is 4.31 Å². The van der Waals surface area contributed by atoms with Crippen molar-refractivity contribution in [2.45, 2.75) is 55.4 Å². The molecule has 3 aliphatic rings. The van der Waals surface area contributed by atoms with Crippen LogP contribution in [0.5, 0.6) is 0 Å². The maximum Gasteiger partial charge on any atom is 0.251 e. The quantitative estimate of drug-likeness (QED) is 0.450. The predicted molar refractivity (Wildman–Crippen MR) is 152 cm³/mol. The number of thiophene rings is 1. The van der Waals surface area contributed by atoms with E-state index >= 15 is 0 Å². The van der Waals surface area contributed by atoms with Crippen LogP contribution in [0.4, 0.5) is 8.78 Å². The minimum absolute atomic E-state index is 0.133. The van der Waals surface area contributed by atoms with Crippen molar-refractivity contribution in [3.05, 3.63) is 29.6 Å². The van der Waals surface area contributed by atoms with Gasteiger partial charge in [0.05, 0.1) is 12.6 Å². The molecule has 1 aromatic heterocycles. The highest BCUT2D eigenvalue weighted by Gasteiger charge is 2.45. The molecule has 0 aliphatic carbocycles. The Morgan fingerprint density at radius 2 is 2.00 bits per heavy atom. The van der Waals surface area contributed by atoms with Gasteiger partial charge in [-0.15, -0.1) is 11.3 Å². The van der Waals surface area contributed by atoms with Gasteiger partial charge < -0.3 is 19.9 Å². The Morgan fingerprint density at radius 1 is 1.15 bits per heavy atom. The number of ether oxygens (including phenoxy) is 1. The zero-order valence-corrected chi connectivity index (χ0v) is 24.5. The molecule has 4 heterocycles. The van der Waals surface area contributed by atoms with Crippen molar-refractivity contribution in [2.75, 3.05) is 65.6 Å². The lowest BCUT2D eigenvalue weighted by Gasteiger charge is -2.38. The number of sulfonamides is 1. The number of nitrogens with zero attached hydrogens (tertiary/aromatic N) is 3. The second kappa shape index (κ2) is 13.1. The molecule has 2 atom stereocenters. The van der Waals surface area contributed by atoms with Crippen LogP contribution >= 0.6 is 11.3 Å². The number of hydrogen-bond acceptors (Lipinski definition) is 7. The van der Waals surface area contributed by atoms with Gasteiger partial charge in [0.2, 0.25) is 15.9 Å². The van der Waals surface area contributed by atoms with Gasteiger partial charge in [0.15, 0.2) is 0 Å². The lowest BCUT2D eigenvalue weighted by molar-refractivity contribution is -0.137. The van der Waals surface area contributed by atoms with Gasteiger partial charge in [-0.05, 0) is 63.8 Å². The van der Waals surface area contributed by atoms with E-state index in [2.05, 4.69) is 10.2 Å². The molecule has 0 saturated carbocycles. The van der Waals surface area contributed by atoms with Gasteiger partial charge in [0, 0.05) is 54.5 Å². The highest BCUT2D eigenvalue weighted by molar-refractivity contribution is 7.89. The van der Waals surface area contributed by atoms with Crippen LogP contribution in [0, 0.1) is 5.92 Å². The van der Waals surface area contributed by atoms with E-state index in [9.17, 15) is 22.0 Å². The minimum atomic E-state index is -4.01. The Labute approximate surface area is 239 Å². The molecule has 12 heteroatoms. The minimum Gasteiger partial charge on any atom is -0.370 e. The third kappa shape index (κ3) is 7.19. The third-order valence-electron chi connectivity index (χ3n) is 8.40. The third-order valence-corrected chi connectivity index (χ3v) is 11.5. The number of amides is 1. The van der Waals surface area contributed by atoms with E-state index in [1.807, 2.05) is 12.1 Å². The molecule has 1 N–H and O–H groups in total. The number of nitrogens with one attached hydrogen (secondary N) is 1. The summed E-state index contributed by atoms with van der Waals surface area (Å²) in [6.45, 7) is 5.50. The summed E-state index contributed by atoms with van der Waals surface area (Å²) in [7, 11) is -4.01. The monoisotopic (exact) mass is 598 g/mol. The molecule has 3 fully saturated rings. The fraction of sp³-hybridized carbons (Fsp3) is 0.679. The Morgan fingerprint density at radius 3 is 2.83 bits per heavy atom. The number of fused-ring (bicyclic) bond motifs is 1. The molecule has 0 spiro atoms. The maximum atomic E-state index is 14.4. The number of halogens is 2. The Kier molecular flexibility index (Phi) is 9.74. The molecule has 222 valence electrons. The molecule has 5 rings (SSSR count). The lowest BCUT2D eigenvalue weighted by Crippen LogP contribution is -2.51. The summed E-state index contributed by atoms with van der Waals surface area (Å²) in [5, 5.41) is 5.57. The topological polar surface area (TPSA) is 82.2 Å². The highest BCUT2D eigenvalue weighted by atomic mass is 32.2. The lowest BCUT2D eigenvalue weighted by atomic mass is 10.0. The molecule has 3 aliphatic heterocycles. The van der Waals surface area contributed by atoms with Crippen molar-refractivity contribution in [3.8, 4) is 0 Å². The predicted octanol–water partition coefficient (Wildman–Crippen LogP) is 3.63. The van der Waals surface area contributed by atoms with Gasteiger partial charge in [0.1, 0.15) is 11.5 Å². The molecule has 1 unspecified atom stereocenters. The molecule has 40 heavy (non-hydrogen) atoms. The normalized spacial score (nSPS) is 24.9. The van der Waals surface area contributed by atoms with Gasteiger partial charge >= 0.3 is 0 Å². The second-order valence-electron chi connectivity index (χ2n) is 11.3. The smallest absolute Gasteiger partial charge is 0.251 e. The van der Waals surface area contributed by atoms with E-state index in [0.717, 1.165) is 60.5 Å². The summed E-state index contributed by atoms with van der Waals surface area (Å²) in [5.41, 5.74) is 0. The van der Waals surface area contributed by atoms with Crippen LogP contribution in [-0.2, 0) is 19.6 Å². The van der Waals surface area contributed by atoms with E-state index in [-0.39, 0.29) is 30.6 Å². The van der Waals surface area contributed by atoms with E-state index < -0.39 is 34.8 Å². The summed E-state index contributed by atoms with van der Waals surface area (Å²) in [6, 6.07) is 6.13. The van der Waals surface area contributed by atoms with Gasteiger partial charge in [-0.25, -0.2) is 17.2 Å². The van der Waals surface area contributed by atoms with Crippen LogP contribution in [0.25, 0.3) is 10.1 Å². The average molecular weight is 599 g/mol. The number of hydrogen-bond donors (Lipinski definition) is 1. The SMILES string of the molecule is O=C(COC[C@@H]1CC(F)(F)CCN1S(=O)(=O)c1csc2ccccc12)N1CCCN(CCCC2CCNC2)CC1. The number of carbonyl (C=O) groups excluding carboxylic acids is 1. The highest BCUT2D eigenvalue weighted by Crippen LogP contribution is 2.38. The summed E-state index contributed by atoms with van der Waals surface area (Å²) in [6.07, 6.45) is 3.37. The summed E-state index contributed by atoms with van der Waals surface area (Å²) in [4.78, 5) is 17.3. The molecule has 0 radical (unpaired) electrons. The van der Waals surface area contributed by atoms with Crippen molar-refractivity contribution in [3.63, 3.8) is 0 Å². The fourth-order valence-corrected chi connectivity index (χ4v) is 9.21.